The number of benzene rings is 2. The molecule has 0 fully saturated rings. The minimum Gasteiger partial charge on any atom is -0.481 e. The van der Waals surface area contributed by atoms with Crippen molar-refractivity contribution >= 4 is 34.0 Å². The molecule has 0 atom stereocenters. The van der Waals surface area contributed by atoms with Crippen molar-refractivity contribution in [2.45, 2.75) is 25.7 Å². The third-order valence-electron chi connectivity index (χ3n) is 3.82. The topological polar surface area (TPSA) is 100 Å². The number of rotatable bonds is 6. The molecule has 1 heterocycles. The van der Waals surface area contributed by atoms with Crippen LogP contribution < -0.4 is 0 Å². The molecule has 0 saturated heterocycles. The van der Waals surface area contributed by atoms with Crippen molar-refractivity contribution in [3.8, 4) is 0 Å². The first kappa shape index (κ1) is 15.9. The molecule has 0 aliphatic rings. The van der Waals surface area contributed by atoms with Crippen LogP contribution in [0.25, 0.3) is 22.1 Å². The van der Waals surface area contributed by atoms with E-state index in [1.807, 2.05) is 36.4 Å². The first-order chi connectivity index (χ1) is 11.5. The number of carbonyl (C=O) groups is 2. The third kappa shape index (κ3) is 3.65. The summed E-state index contributed by atoms with van der Waals surface area (Å²) in [6, 6.07) is 11.1. The molecule has 2 aromatic carbocycles. The zero-order valence-corrected chi connectivity index (χ0v) is 12.9. The van der Waals surface area contributed by atoms with E-state index in [0.717, 1.165) is 33.2 Å². The van der Waals surface area contributed by atoms with Crippen LogP contribution in [0.15, 0.2) is 36.4 Å². The molecule has 0 radical (unpaired) electrons. The normalized spacial score (nSPS) is 11.0. The summed E-state index contributed by atoms with van der Waals surface area (Å²) >= 11 is 0. The number of carboxylic acids is 2. The number of aliphatic carboxylic acids is 2. The van der Waals surface area contributed by atoms with E-state index in [1.54, 1.807) is 0 Å². The molecule has 6 heteroatoms. The van der Waals surface area contributed by atoms with Crippen molar-refractivity contribution in [3.05, 3.63) is 47.5 Å². The van der Waals surface area contributed by atoms with Gasteiger partial charge in [-0.2, -0.15) is 0 Å². The van der Waals surface area contributed by atoms with Crippen molar-refractivity contribution in [2.75, 3.05) is 0 Å². The maximum absolute atomic E-state index is 10.7. The summed E-state index contributed by atoms with van der Waals surface area (Å²) < 4.78 is 0. The van der Waals surface area contributed by atoms with E-state index in [2.05, 4.69) is 9.97 Å². The molecule has 0 aliphatic heterocycles. The van der Waals surface area contributed by atoms with E-state index in [9.17, 15) is 9.59 Å². The van der Waals surface area contributed by atoms with Crippen molar-refractivity contribution in [1.82, 2.24) is 9.97 Å². The molecule has 6 nitrogen and oxygen atoms in total. The molecule has 0 amide bonds. The molecule has 3 rings (SSSR count). The molecule has 1 aromatic heterocycles. The van der Waals surface area contributed by atoms with Crippen LogP contribution in [0, 0.1) is 0 Å². The Bertz CT molecular complexity index is 859. The molecular formula is C18H16N2O4. The fourth-order valence-electron chi connectivity index (χ4n) is 2.58. The highest BCUT2D eigenvalue weighted by Gasteiger charge is 2.06. The number of nitrogens with zero attached hydrogens (tertiary/aromatic N) is 2. The smallest absolute Gasteiger partial charge is 0.303 e. The summed E-state index contributed by atoms with van der Waals surface area (Å²) in [7, 11) is 0. The van der Waals surface area contributed by atoms with Gasteiger partial charge in [0.2, 0.25) is 0 Å². The molecule has 2 N–H and O–H groups in total. The maximum Gasteiger partial charge on any atom is 0.303 e. The number of aryl methyl sites for hydroxylation is 2. The molecule has 0 unspecified atom stereocenters. The third-order valence-corrected chi connectivity index (χ3v) is 3.82. The molecule has 122 valence electrons. The number of carboxylic acid groups (broad SMARTS) is 2. The second-order valence-electron chi connectivity index (χ2n) is 5.66. The van der Waals surface area contributed by atoms with Gasteiger partial charge in [-0.05, 0) is 48.2 Å². The van der Waals surface area contributed by atoms with Crippen molar-refractivity contribution < 1.29 is 19.8 Å². The second-order valence-corrected chi connectivity index (χ2v) is 5.66. The highest BCUT2D eigenvalue weighted by molar-refractivity contribution is 5.86. The van der Waals surface area contributed by atoms with Crippen molar-refractivity contribution in [2.24, 2.45) is 0 Å². The monoisotopic (exact) mass is 324 g/mol. The fraction of sp³-hybridized carbons (Fsp3) is 0.222. The number of fused-ring (bicyclic) bond motifs is 2. The van der Waals surface area contributed by atoms with E-state index in [1.165, 1.54) is 0 Å². The SMILES string of the molecule is O=C(O)CCc1ccc2nc3cc(CCC(=O)O)ccc3nc2c1. The Kier molecular flexibility index (Phi) is 4.37. The van der Waals surface area contributed by atoms with Crippen LogP contribution in [0.4, 0.5) is 0 Å². The van der Waals surface area contributed by atoms with E-state index in [4.69, 9.17) is 10.2 Å². The molecule has 0 aliphatic carbocycles. The van der Waals surface area contributed by atoms with Gasteiger partial charge in [-0.1, -0.05) is 12.1 Å². The lowest BCUT2D eigenvalue weighted by Crippen LogP contribution is -1.99. The predicted octanol–water partition coefficient (Wildman–Crippen LogP) is 2.82. The summed E-state index contributed by atoms with van der Waals surface area (Å²) in [5.74, 6) is -1.65. The number of aromatic nitrogens is 2. The molecule has 0 saturated carbocycles. The lowest BCUT2D eigenvalue weighted by atomic mass is 10.1. The van der Waals surface area contributed by atoms with Gasteiger partial charge in [0.15, 0.2) is 0 Å². The molecule has 0 spiro atoms. The van der Waals surface area contributed by atoms with Gasteiger partial charge in [0.05, 0.1) is 22.1 Å². The minimum absolute atomic E-state index is 0.0828. The van der Waals surface area contributed by atoms with E-state index >= 15 is 0 Å². The van der Waals surface area contributed by atoms with Gasteiger partial charge in [-0.25, -0.2) is 9.97 Å². The Hall–Kier alpha value is -3.02. The highest BCUT2D eigenvalue weighted by atomic mass is 16.4. The number of hydrogen-bond acceptors (Lipinski definition) is 4. The van der Waals surface area contributed by atoms with E-state index in [-0.39, 0.29) is 12.8 Å². The van der Waals surface area contributed by atoms with Gasteiger partial charge in [-0.15, -0.1) is 0 Å². The Balaban J connectivity index is 1.93. The average molecular weight is 324 g/mol. The van der Waals surface area contributed by atoms with Crippen molar-refractivity contribution in [3.63, 3.8) is 0 Å². The fourth-order valence-corrected chi connectivity index (χ4v) is 2.58. The first-order valence-corrected chi connectivity index (χ1v) is 7.64. The quantitative estimate of drug-likeness (QED) is 0.676. The summed E-state index contributed by atoms with van der Waals surface area (Å²) in [6.07, 6.45) is 1.08. The molecule has 3 aromatic rings. The Labute approximate surface area is 137 Å². The van der Waals surface area contributed by atoms with Crippen LogP contribution in [0.2, 0.25) is 0 Å². The molecular weight excluding hydrogens is 308 g/mol. The van der Waals surface area contributed by atoms with Crippen LogP contribution in [-0.2, 0) is 22.4 Å². The van der Waals surface area contributed by atoms with Crippen LogP contribution >= 0.6 is 0 Å². The van der Waals surface area contributed by atoms with Crippen LogP contribution in [0.3, 0.4) is 0 Å². The van der Waals surface area contributed by atoms with Gasteiger partial charge in [0.25, 0.3) is 0 Å². The maximum atomic E-state index is 10.7. The van der Waals surface area contributed by atoms with Gasteiger partial charge in [0.1, 0.15) is 0 Å². The first-order valence-electron chi connectivity index (χ1n) is 7.64. The van der Waals surface area contributed by atoms with Gasteiger partial charge >= 0.3 is 11.9 Å². The second kappa shape index (κ2) is 6.62. The van der Waals surface area contributed by atoms with Gasteiger partial charge in [-0.3, -0.25) is 9.59 Å². The molecule has 0 bridgehead atoms. The standard InChI is InChI=1S/C18H16N2O4/c21-17(22)7-3-11-1-5-13-15(9-11)20-14-6-2-12(4-8-18(23)24)10-16(14)19-13/h1-2,5-6,9-10H,3-4,7-8H2,(H,21,22)(H,23,24). The lowest BCUT2D eigenvalue weighted by Gasteiger charge is -2.05. The summed E-state index contributed by atoms with van der Waals surface area (Å²) in [6.45, 7) is 0. The Morgan fingerprint density at radius 3 is 1.50 bits per heavy atom. The minimum atomic E-state index is -0.825. The van der Waals surface area contributed by atoms with Gasteiger partial charge < -0.3 is 10.2 Å². The predicted molar refractivity (Wildman–Crippen MR) is 89.0 cm³/mol. The highest BCUT2D eigenvalue weighted by Crippen LogP contribution is 2.20. The Morgan fingerprint density at radius 1 is 0.708 bits per heavy atom. The van der Waals surface area contributed by atoms with Crippen molar-refractivity contribution in [1.29, 1.82) is 0 Å². The number of hydrogen-bond donors (Lipinski definition) is 2. The summed E-state index contributed by atoms with van der Waals surface area (Å²) in [5, 5.41) is 17.5. The largest absolute Gasteiger partial charge is 0.481 e. The summed E-state index contributed by atoms with van der Waals surface area (Å²) in [5.41, 5.74) is 4.74. The molecule has 24 heavy (non-hydrogen) atoms. The zero-order chi connectivity index (χ0) is 17.1. The zero-order valence-electron chi connectivity index (χ0n) is 12.9. The van der Waals surface area contributed by atoms with E-state index in [0.29, 0.717) is 12.8 Å². The summed E-state index contributed by atoms with van der Waals surface area (Å²) in [4.78, 5) is 30.5. The average Bonchev–Trinajstić information content (AvgIpc) is 2.56. The lowest BCUT2D eigenvalue weighted by molar-refractivity contribution is -0.138. The van der Waals surface area contributed by atoms with Crippen LogP contribution in [-0.4, -0.2) is 32.1 Å². The van der Waals surface area contributed by atoms with Gasteiger partial charge in [0, 0.05) is 12.8 Å². The van der Waals surface area contributed by atoms with E-state index < -0.39 is 11.9 Å². The van der Waals surface area contributed by atoms with Crippen LogP contribution in [0.5, 0.6) is 0 Å². The Morgan fingerprint density at radius 2 is 1.12 bits per heavy atom. The van der Waals surface area contributed by atoms with Crippen LogP contribution in [0.1, 0.15) is 24.0 Å².